The van der Waals surface area contributed by atoms with E-state index in [1.165, 1.54) is 24.3 Å². The lowest BCUT2D eigenvalue weighted by molar-refractivity contribution is 0.252. The molecule has 0 spiro atoms. The van der Waals surface area contributed by atoms with E-state index in [1.807, 2.05) is 35.6 Å². The molecule has 3 N–H and O–H groups in total. The number of para-hydroxylation sites is 2. The van der Waals surface area contributed by atoms with Crippen LogP contribution in [0, 0.1) is 12.7 Å². The number of nitrogens with one attached hydrogen (secondary N) is 3. The maximum atomic E-state index is 12.9. The Morgan fingerprint density at radius 3 is 2.63 bits per heavy atom. The monoisotopic (exact) mass is 407 g/mol. The van der Waals surface area contributed by atoms with Gasteiger partial charge in [0, 0.05) is 18.8 Å². The first kappa shape index (κ1) is 19.6. The highest BCUT2D eigenvalue weighted by molar-refractivity contribution is 5.89. The number of aromatic nitrogens is 4. The van der Waals surface area contributed by atoms with Crippen molar-refractivity contribution in [2.75, 3.05) is 23.7 Å². The minimum Gasteiger partial charge on any atom is -0.367 e. The number of fused-ring (bicyclic) bond motifs is 3. The van der Waals surface area contributed by atoms with E-state index in [1.54, 1.807) is 0 Å². The van der Waals surface area contributed by atoms with Crippen LogP contribution in [-0.2, 0) is 0 Å². The zero-order chi connectivity index (χ0) is 20.9. The number of unbranched alkanes of at least 4 members (excludes halogenated alkanes) is 1. The fourth-order valence-electron chi connectivity index (χ4n) is 3.21. The number of halogens is 1. The summed E-state index contributed by atoms with van der Waals surface area (Å²) in [6.07, 6.45) is 1.63. The Labute approximate surface area is 172 Å². The molecule has 8 nitrogen and oxygen atoms in total. The van der Waals surface area contributed by atoms with Gasteiger partial charge in [0.15, 0.2) is 5.82 Å². The van der Waals surface area contributed by atoms with Gasteiger partial charge in [-0.05, 0) is 56.2 Å². The summed E-state index contributed by atoms with van der Waals surface area (Å²) in [4.78, 5) is 16.5. The molecule has 2 aromatic carbocycles. The minimum absolute atomic E-state index is 0.314. The molecule has 4 aromatic rings. The van der Waals surface area contributed by atoms with Gasteiger partial charge in [-0.1, -0.05) is 12.1 Å². The van der Waals surface area contributed by atoms with E-state index in [0.717, 1.165) is 29.7 Å². The molecule has 4 rings (SSSR count). The van der Waals surface area contributed by atoms with Crippen molar-refractivity contribution in [3.8, 4) is 0 Å². The molecule has 0 atom stereocenters. The van der Waals surface area contributed by atoms with Crippen molar-refractivity contribution >= 4 is 34.2 Å². The molecule has 0 aliphatic heterocycles. The maximum Gasteiger partial charge on any atom is 0.319 e. The molecule has 0 fully saturated rings. The molecule has 0 aliphatic carbocycles. The third-order valence-corrected chi connectivity index (χ3v) is 4.68. The molecule has 0 aliphatic rings. The smallest absolute Gasteiger partial charge is 0.319 e. The van der Waals surface area contributed by atoms with Crippen LogP contribution in [0.1, 0.15) is 18.7 Å². The number of amides is 2. The number of hydrogen-bond donors (Lipinski definition) is 3. The van der Waals surface area contributed by atoms with Gasteiger partial charge in [0.1, 0.15) is 11.6 Å². The number of anilines is 2. The number of benzene rings is 2. The van der Waals surface area contributed by atoms with Gasteiger partial charge in [-0.2, -0.15) is 0 Å². The Morgan fingerprint density at radius 2 is 1.80 bits per heavy atom. The van der Waals surface area contributed by atoms with Crippen molar-refractivity contribution in [1.82, 2.24) is 24.9 Å². The lowest BCUT2D eigenvalue weighted by Gasteiger charge is -2.10. The van der Waals surface area contributed by atoms with Crippen LogP contribution in [0.4, 0.5) is 20.7 Å². The number of hydrogen-bond acceptors (Lipinski definition) is 5. The summed E-state index contributed by atoms with van der Waals surface area (Å²) < 4.78 is 14.9. The van der Waals surface area contributed by atoms with Crippen molar-refractivity contribution in [3.63, 3.8) is 0 Å². The van der Waals surface area contributed by atoms with Crippen molar-refractivity contribution < 1.29 is 9.18 Å². The van der Waals surface area contributed by atoms with E-state index in [2.05, 4.69) is 31.1 Å². The van der Waals surface area contributed by atoms with Crippen molar-refractivity contribution in [2.24, 2.45) is 0 Å². The van der Waals surface area contributed by atoms with Gasteiger partial charge in [0.25, 0.3) is 0 Å². The van der Waals surface area contributed by atoms with Crippen LogP contribution >= 0.6 is 0 Å². The lowest BCUT2D eigenvalue weighted by atomic mass is 10.3. The Kier molecular flexibility index (Phi) is 5.69. The Hall–Kier alpha value is -3.75. The second-order valence-corrected chi connectivity index (χ2v) is 6.88. The average molecular weight is 407 g/mol. The van der Waals surface area contributed by atoms with Crippen LogP contribution in [0.3, 0.4) is 0 Å². The van der Waals surface area contributed by atoms with Gasteiger partial charge >= 0.3 is 6.03 Å². The van der Waals surface area contributed by atoms with Gasteiger partial charge in [-0.3, -0.25) is 4.40 Å². The van der Waals surface area contributed by atoms with Crippen LogP contribution < -0.4 is 16.0 Å². The second-order valence-electron chi connectivity index (χ2n) is 6.88. The number of urea groups is 1. The molecule has 0 saturated carbocycles. The fraction of sp³-hybridized carbons (Fsp3) is 0.238. The summed E-state index contributed by atoms with van der Waals surface area (Å²) in [6.45, 7) is 3.13. The van der Waals surface area contributed by atoms with Crippen molar-refractivity contribution in [1.29, 1.82) is 0 Å². The van der Waals surface area contributed by atoms with Gasteiger partial charge in [-0.15, -0.1) is 10.2 Å². The molecule has 0 unspecified atom stereocenters. The molecular formula is C21H22FN7O. The van der Waals surface area contributed by atoms with Gasteiger partial charge in [0.05, 0.1) is 11.0 Å². The number of carbonyl (C=O) groups is 1. The molecule has 0 radical (unpaired) electrons. The summed E-state index contributed by atoms with van der Waals surface area (Å²) >= 11 is 0. The summed E-state index contributed by atoms with van der Waals surface area (Å²) in [5.41, 5.74) is 3.08. The van der Waals surface area contributed by atoms with Crippen LogP contribution in [-0.4, -0.2) is 38.7 Å². The molecule has 2 aromatic heterocycles. The Balaban J connectivity index is 1.27. The largest absolute Gasteiger partial charge is 0.367 e. The van der Waals surface area contributed by atoms with E-state index < -0.39 is 0 Å². The van der Waals surface area contributed by atoms with Gasteiger partial charge in [0.2, 0.25) is 5.65 Å². The van der Waals surface area contributed by atoms with E-state index in [0.29, 0.717) is 30.2 Å². The summed E-state index contributed by atoms with van der Waals surface area (Å²) in [7, 11) is 0. The van der Waals surface area contributed by atoms with Crippen LogP contribution in [0.5, 0.6) is 0 Å². The quantitative estimate of drug-likeness (QED) is 0.406. The van der Waals surface area contributed by atoms with Crippen LogP contribution in [0.25, 0.3) is 16.7 Å². The standard InChI is InChI=1S/C21H22FN7O/c1-14-27-28-20-19(26-17-6-2-3-7-18(17)29(14)20)23-12-4-5-13-24-21(30)25-16-10-8-15(22)9-11-16/h2-3,6-11H,4-5,12-13H2,1H3,(H,23,26)(H2,24,25,30). The molecule has 9 heteroatoms. The lowest BCUT2D eigenvalue weighted by Crippen LogP contribution is -2.29. The summed E-state index contributed by atoms with van der Waals surface area (Å²) in [5, 5.41) is 17.2. The molecule has 2 amide bonds. The Bertz CT molecular complexity index is 1170. The SMILES string of the molecule is Cc1nnc2c(NCCCCNC(=O)Nc3ccc(F)cc3)nc3ccccc3n12. The Morgan fingerprint density at radius 1 is 1.03 bits per heavy atom. The molecular weight excluding hydrogens is 385 g/mol. The van der Waals surface area contributed by atoms with Gasteiger partial charge < -0.3 is 16.0 Å². The number of nitrogens with zero attached hydrogens (tertiary/aromatic N) is 4. The number of aryl methyl sites for hydroxylation is 1. The first-order valence-corrected chi connectivity index (χ1v) is 9.76. The average Bonchev–Trinajstić information content (AvgIpc) is 3.14. The number of carbonyl (C=O) groups excluding carboxylic acids is 1. The van der Waals surface area contributed by atoms with E-state index in [9.17, 15) is 9.18 Å². The van der Waals surface area contributed by atoms with E-state index >= 15 is 0 Å². The summed E-state index contributed by atoms with van der Waals surface area (Å²) in [5.74, 6) is 1.16. The number of rotatable bonds is 7. The van der Waals surface area contributed by atoms with E-state index in [-0.39, 0.29) is 11.8 Å². The topological polar surface area (TPSA) is 96.2 Å². The molecule has 0 bridgehead atoms. The van der Waals surface area contributed by atoms with Crippen LogP contribution in [0.15, 0.2) is 48.5 Å². The zero-order valence-electron chi connectivity index (χ0n) is 16.5. The van der Waals surface area contributed by atoms with Crippen molar-refractivity contribution in [3.05, 3.63) is 60.2 Å². The third kappa shape index (κ3) is 4.29. The molecule has 30 heavy (non-hydrogen) atoms. The predicted octanol–water partition coefficient (Wildman–Crippen LogP) is 3.74. The van der Waals surface area contributed by atoms with Crippen molar-refractivity contribution in [2.45, 2.75) is 19.8 Å². The summed E-state index contributed by atoms with van der Waals surface area (Å²) in [6, 6.07) is 13.2. The fourth-order valence-corrected chi connectivity index (χ4v) is 3.21. The normalized spacial score (nSPS) is 11.0. The van der Waals surface area contributed by atoms with E-state index in [4.69, 9.17) is 0 Å². The second kappa shape index (κ2) is 8.73. The molecule has 0 saturated heterocycles. The predicted molar refractivity (Wildman–Crippen MR) is 114 cm³/mol. The highest BCUT2D eigenvalue weighted by Crippen LogP contribution is 2.21. The molecule has 2 heterocycles. The third-order valence-electron chi connectivity index (χ3n) is 4.68. The minimum atomic E-state index is -0.340. The maximum absolute atomic E-state index is 12.9. The highest BCUT2D eigenvalue weighted by atomic mass is 19.1. The highest BCUT2D eigenvalue weighted by Gasteiger charge is 2.12. The first-order chi connectivity index (χ1) is 14.6. The van der Waals surface area contributed by atoms with Crippen LogP contribution in [0.2, 0.25) is 0 Å². The first-order valence-electron chi connectivity index (χ1n) is 9.76. The molecule has 154 valence electrons. The zero-order valence-corrected chi connectivity index (χ0v) is 16.5. The van der Waals surface area contributed by atoms with Gasteiger partial charge in [-0.25, -0.2) is 14.2 Å².